The summed E-state index contributed by atoms with van der Waals surface area (Å²) in [6.45, 7) is 7.54. The predicted molar refractivity (Wildman–Crippen MR) is 116 cm³/mol. The molecule has 0 bridgehead atoms. The number of amides is 1. The van der Waals surface area contributed by atoms with Gasteiger partial charge in [-0.15, -0.1) is 13.2 Å². The summed E-state index contributed by atoms with van der Waals surface area (Å²) in [5.74, 6) is -0.382. The van der Waals surface area contributed by atoms with Gasteiger partial charge in [0.1, 0.15) is 17.0 Å². The van der Waals surface area contributed by atoms with Crippen LogP contribution in [0.15, 0.2) is 53.0 Å². The van der Waals surface area contributed by atoms with Gasteiger partial charge in [0.2, 0.25) is 0 Å². The normalized spacial score (nSPS) is 17.8. The van der Waals surface area contributed by atoms with Gasteiger partial charge < -0.3 is 19.5 Å². The van der Waals surface area contributed by atoms with E-state index < -0.39 is 29.1 Å². The standard InChI is InChI=1S/C23H25BrF3NO4/c1-20(2,3)32-19(29)28-13-21(4,14-28)22(30,16-6-5-7-17(24)12-16)15-8-10-18(11-9-15)31-23(25,26)27/h5-12,30H,13-14H2,1-4H3/t22-/m0/s1. The monoisotopic (exact) mass is 515 g/mol. The van der Waals surface area contributed by atoms with E-state index >= 15 is 0 Å². The van der Waals surface area contributed by atoms with E-state index in [2.05, 4.69) is 20.7 Å². The first-order valence-electron chi connectivity index (χ1n) is 9.96. The molecular formula is C23H25BrF3NO4. The molecule has 0 saturated carbocycles. The number of aliphatic hydroxyl groups is 1. The lowest BCUT2D eigenvalue weighted by atomic mass is 9.62. The van der Waals surface area contributed by atoms with Gasteiger partial charge in [-0.2, -0.15) is 0 Å². The van der Waals surface area contributed by atoms with Gasteiger partial charge in [0.15, 0.2) is 0 Å². The maximum atomic E-state index is 12.5. The molecule has 0 aromatic heterocycles. The van der Waals surface area contributed by atoms with Crippen LogP contribution in [0, 0.1) is 5.41 Å². The SMILES string of the molecule is CC(C)(C)OC(=O)N1CC(C)([C@](O)(c2ccc(OC(F)(F)F)cc2)c2cccc(Br)c2)C1. The summed E-state index contributed by atoms with van der Waals surface area (Å²) in [5.41, 5.74) is -2.14. The number of hydrogen-bond donors (Lipinski definition) is 1. The number of carbonyl (C=O) groups is 1. The van der Waals surface area contributed by atoms with Crippen LogP contribution in [-0.2, 0) is 10.3 Å². The number of alkyl halides is 3. The second-order valence-corrected chi connectivity index (χ2v) is 10.1. The van der Waals surface area contributed by atoms with Crippen LogP contribution in [-0.4, -0.2) is 41.2 Å². The van der Waals surface area contributed by atoms with Crippen LogP contribution in [0.2, 0.25) is 0 Å². The maximum Gasteiger partial charge on any atom is 0.573 e. The van der Waals surface area contributed by atoms with Crippen LogP contribution in [0.5, 0.6) is 5.75 Å². The molecule has 1 fully saturated rings. The highest BCUT2D eigenvalue weighted by Gasteiger charge is 2.58. The summed E-state index contributed by atoms with van der Waals surface area (Å²) in [6.07, 6.45) is -5.30. The third-order valence-corrected chi connectivity index (χ3v) is 5.85. The van der Waals surface area contributed by atoms with Gasteiger partial charge in [0.05, 0.1) is 0 Å². The van der Waals surface area contributed by atoms with E-state index in [9.17, 15) is 23.1 Å². The molecule has 32 heavy (non-hydrogen) atoms. The van der Waals surface area contributed by atoms with Crippen LogP contribution in [0.25, 0.3) is 0 Å². The minimum absolute atomic E-state index is 0.200. The van der Waals surface area contributed by atoms with Crippen molar-refractivity contribution in [2.24, 2.45) is 5.41 Å². The minimum Gasteiger partial charge on any atom is -0.444 e. The predicted octanol–water partition coefficient (Wildman–Crippen LogP) is 5.84. The Labute approximate surface area is 193 Å². The highest BCUT2D eigenvalue weighted by molar-refractivity contribution is 9.10. The van der Waals surface area contributed by atoms with Gasteiger partial charge in [0, 0.05) is 23.0 Å². The van der Waals surface area contributed by atoms with Crippen LogP contribution >= 0.6 is 15.9 Å². The molecule has 1 N–H and O–H groups in total. The molecule has 174 valence electrons. The smallest absolute Gasteiger partial charge is 0.444 e. The molecule has 0 aliphatic carbocycles. The fourth-order valence-corrected chi connectivity index (χ4v) is 4.35. The molecule has 1 amide bonds. The number of likely N-dealkylation sites (tertiary alicyclic amines) is 1. The lowest BCUT2D eigenvalue weighted by molar-refractivity contribution is -0.274. The molecule has 3 rings (SSSR count). The number of carbonyl (C=O) groups excluding carboxylic acids is 1. The highest BCUT2D eigenvalue weighted by atomic mass is 79.9. The van der Waals surface area contributed by atoms with E-state index in [4.69, 9.17) is 4.74 Å². The Morgan fingerprint density at radius 2 is 1.66 bits per heavy atom. The fourth-order valence-electron chi connectivity index (χ4n) is 3.96. The van der Waals surface area contributed by atoms with E-state index in [-0.39, 0.29) is 18.8 Å². The van der Waals surface area contributed by atoms with Crippen molar-refractivity contribution in [1.29, 1.82) is 0 Å². The molecule has 0 radical (unpaired) electrons. The van der Waals surface area contributed by atoms with Crippen molar-refractivity contribution in [3.8, 4) is 5.75 Å². The zero-order valence-corrected chi connectivity index (χ0v) is 19.8. The van der Waals surface area contributed by atoms with Gasteiger partial charge in [-0.25, -0.2) is 4.79 Å². The van der Waals surface area contributed by atoms with Gasteiger partial charge in [-0.1, -0.05) is 47.1 Å². The summed E-state index contributed by atoms with van der Waals surface area (Å²) in [5, 5.41) is 12.1. The minimum atomic E-state index is -4.81. The molecule has 1 aliphatic rings. The lowest BCUT2D eigenvalue weighted by Gasteiger charge is -2.56. The Kier molecular flexibility index (Phi) is 6.30. The van der Waals surface area contributed by atoms with Crippen molar-refractivity contribution in [2.75, 3.05) is 13.1 Å². The number of benzene rings is 2. The molecule has 2 aromatic rings. The van der Waals surface area contributed by atoms with Crippen LogP contribution in [0.3, 0.4) is 0 Å². The first-order chi connectivity index (χ1) is 14.6. The molecule has 1 heterocycles. The van der Waals surface area contributed by atoms with E-state index in [0.29, 0.717) is 11.1 Å². The first kappa shape index (κ1) is 24.4. The Morgan fingerprint density at radius 1 is 1.06 bits per heavy atom. The quantitative estimate of drug-likeness (QED) is 0.555. The maximum absolute atomic E-state index is 12.5. The topological polar surface area (TPSA) is 59.0 Å². The molecule has 9 heteroatoms. The number of nitrogens with zero attached hydrogens (tertiary/aromatic N) is 1. The van der Waals surface area contributed by atoms with E-state index in [1.165, 1.54) is 29.2 Å². The van der Waals surface area contributed by atoms with Crippen molar-refractivity contribution < 1.29 is 32.5 Å². The molecule has 2 aromatic carbocycles. The zero-order chi connectivity index (χ0) is 23.9. The van der Waals surface area contributed by atoms with Gasteiger partial charge >= 0.3 is 12.5 Å². The number of hydrogen-bond acceptors (Lipinski definition) is 4. The Bertz CT molecular complexity index is 982. The summed E-state index contributed by atoms with van der Waals surface area (Å²) in [7, 11) is 0. The summed E-state index contributed by atoms with van der Waals surface area (Å²) in [4.78, 5) is 13.9. The summed E-state index contributed by atoms with van der Waals surface area (Å²) >= 11 is 3.41. The Balaban J connectivity index is 1.96. The number of ether oxygens (including phenoxy) is 2. The number of halogens is 4. The van der Waals surface area contributed by atoms with Crippen molar-refractivity contribution in [1.82, 2.24) is 4.90 Å². The van der Waals surface area contributed by atoms with Gasteiger partial charge in [-0.3, -0.25) is 0 Å². The molecule has 0 spiro atoms. The second-order valence-electron chi connectivity index (χ2n) is 9.19. The average molecular weight is 516 g/mol. The van der Waals surface area contributed by atoms with Crippen LogP contribution in [0.1, 0.15) is 38.8 Å². The molecule has 0 unspecified atom stereocenters. The highest BCUT2D eigenvalue weighted by Crippen LogP contribution is 2.51. The average Bonchev–Trinajstić information content (AvgIpc) is 2.62. The lowest BCUT2D eigenvalue weighted by Crippen LogP contribution is -2.66. The summed E-state index contributed by atoms with van der Waals surface area (Å²) < 4.78 is 47.7. The van der Waals surface area contributed by atoms with Crippen molar-refractivity contribution in [2.45, 2.75) is 45.3 Å². The molecular weight excluding hydrogens is 491 g/mol. The van der Waals surface area contributed by atoms with Crippen molar-refractivity contribution >= 4 is 22.0 Å². The third-order valence-electron chi connectivity index (χ3n) is 5.35. The third kappa shape index (κ3) is 5.04. The van der Waals surface area contributed by atoms with Crippen molar-refractivity contribution in [3.05, 3.63) is 64.1 Å². The fraction of sp³-hybridized carbons (Fsp3) is 0.435. The zero-order valence-electron chi connectivity index (χ0n) is 18.2. The molecule has 1 saturated heterocycles. The summed E-state index contributed by atoms with van der Waals surface area (Å²) in [6, 6.07) is 12.2. The molecule has 5 nitrogen and oxygen atoms in total. The van der Waals surface area contributed by atoms with Crippen LogP contribution < -0.4 is 4.74 Å². The van der Waals surface area contributed by atoms with E-state index in [0.717, 1.165) is 4.47 Å². The van der Waals surface area contributed by atoms with Gasteiger partial charge in [0.25, 0.3) is 0 Å². The van der Waals surface area contributed by atoms with Gasteiger partial charge in [-0.05, 0) is 56.2 Å². The van der Waals surface area contributed by atoms with Crippen molar-refractivity contribution in [3.63, 3.8) is 0 Å². The molecule has 1 aliphatic heterocycles. The largest absolute Gasteiger partial charge is 0.573 e. The Hall–Kier alpha value is -2.26. The van der Waals surface area contributed by atoms with Crippen LogP contribution in [0.4, 0.5) is 18.0 Å². The molecule has 1 atom stereocenters. The first-order valence-corrected chi connectivity index (χ1v) is 10.7. The Morgan fingerprint density at radius 3 is 2.16 bits per heavy atom. The number of rotatable bonds is 4. The van der Waals surface area contributed by atoms with E-state index in [1.807, 2.05) is 6.92 Å². The van der Waals surface area contributed by atoms with E-state index in [1.54, 1.807) is 45.0 Å². The second kappa shape index (κ2) is 8.26.